The minimum atomic E-state index is 0.479. The maximum Gasteiger partial charge on any atom is 0.189 e. The fourth-order valence-corrected chi connectivity index (χ4v) is 7.62. The van der Waals surface area contributed by atoms with Gasteiger partial charge in [-0.1, -0.05) is 121 Å². The van der Waals surface area contributed by atoms with Crippen molar-refractivity contribution in [2.24, 2.45) is 0 Å². The molecular formula is C47H27N7. The molecular weight excluding hydrogens is 663 g/mol. The molecule has 0 bridgehead atoms. The number of hydrogen-bond donors (Lipinski definition) is 0. The summed E-state index contributed by atoms with van der Waals surface area (Å²) in [5, 5.41) is 15.2. The summed E-state index contributed by atoms with van der Waals surface area (Å²) in [5.74, 6) is 1.60. The third-order valence-electron chi connectivity index (χ3n) is 10.0. The Balaban J connectivity index is 1.26. The summed E-state index contributed by atoms with van der Waals surface area (Å²) in [5.41, 5.74) is 9.14. The molecule has 7 nitrogen and oxygen atoms in total. The molecule has 0 fully saturated rings. The van der Waals surface area contributed by atoms with Crippen LogP contribution in [-0.4, -0.2) is 24.1 Å². The second-order valence-electron chi connectivity index (χ2n) is 13.1. The molecule has 10 rings (SSSR count). The molecule has 54 heavy (non-hydrogen) atoms. The molecule has 7 aromatic carbocycles. The predicted molar refractivity (Wildman–Crippen MR) is 216 cm³/mol. The zero-order valence-corrected chi connectivity index (χ0v) is 28.7. The lowest BCUT2D eigenvalue weighted by Crippen LogP contribution is -2.03. The molecule has 250 valence electrons. The van der Waals surface area contributed by atoms with E-state index in [1.807, 2.05) is 115 Å². The van der Waals surface area contributed by atoms with Gasteiger partial charge in [-0.15, -0.1) is 0 Å². The fourth-order valence-electron chi connectivity index (χ4n) is 7.62. The molecule has 0 saturated carbocycles. The number of rotatable bonds is 5. The van der Waals surface area contributed by atoms with E-state index in [1.165, 1.54) is 0 Å². The molecule has 0 spiro atoms. The van der Waals surface area contributed by atoms with E-state index >= 15 is 0 Å². The van der Waals surface area contributed by atoms with Crippen molar-refractivity contribution in [2.75, 3.05) is 0 Å². The smallest absolute Gasteiger partial charge is 0.189 e. The van der Waals surface area contributed by atoms with Crippen LogP contribution < -0.4 is 0 Å². The maximum atomic E-state index is 10.9. The Morgan fingerprint density at radius 2 is 1.02 bits per heavy atom. The lowest BCUT2D eigenvalue weighted by Gasteiger charge is -2.14. The summed E-state index contributed by atoms with van der Waals surface area (Å²) in [6, 6.07) is 56.9. The first-order valence-corrected chi connectivity index (χ1v) is 17.6. The molecule has 0 saturated heterocycles. The minimum absolute atomic E-state index is 0.479. The van der Waals surface area contributed by atoms with Crippen molar-refractivity contribution in [1.82, 2.24) is 24.1 Å². The first-order valence-electron chi connectivity index (χ1n) is 17.6. The number of benzene rings is 7. The molecule has 0 aliphatic rings. The molecule has 0 radical (unpaired) electrons. The van der Waals surface area contributed by atoms with Gasteiger partial charge >= 0.3 is 0 Å². The largest absolute Gasteiger partial charge is 0.308 e. The summed E-state index contributed by atoms with van der Waals surface area (Å²) in [6.45, 7) is 7.75. The standard InChI is InChI=1S/C47H27N7/c1-49-34-17-12-18-35(28-34)53-41-21-10-8-19-36(41)38-24-25-39-37-20-9-11-22-42(37)54(44(39)43(38)53)40-26-23-32(27-33(40)29-48)47-51-45(30-13-4-2-5-14-30)50-46(52-47)31-15-6-3-7-16-31/h2-28H. The molecule has 0 aliphatic carbocycles. The Morgan fingerprint density at radius 3 is 1.61 bits per heavy atom. The first-order chi connectivity index (χ1) is 26.7. The van der Waals surface area contributed by atoms with Crippen LogP contribution in [0.4, 0.5) is 5.69 Å². The Labute approximate surface area is 310 Å². The zero-order valence-electron chi connectivity index (χ0n) is 28.7. The number of hydrogen-bond acceptors (Lipinski definition) is 4. The average molecular weight is 690 g/mol. The zero-order chi connectivity index (χ0) is 36.2. The van der Waals surface area contributed by atoms with Gasteiger partial charge in [-0.25, -0.2) is 19.8 Å². The van der Waals surface area contributed by atoms with Gasteiger partial charge in [0, 0.05) is 43.9 Å². The van der Waals surface area contributed by atoms with E-state index in [2.05, 4.69) is 68.6 Å². The lowest BCUT2D eigenvalue weighted by atomic mass is 10.1. The van der Waals surface area contributed by atoms with E-state index in [0.717, 1.165) is 66.1 Å². The maximum absolute atomic E-state index is 10.9. The van der Waals surface area contributed by atoms with Gasteiger partial charge in [0.2, 0.25) is 0 Å². The van der Waals surface area contributed by atoms with Crippen LogP contribution in [0.1, 0.15) is 5.56 Å². The van der Waals surface area contributed by atoms with Gasteiger partial charge in [0.25, 0.3) is 0 Å². The van der Waals surface area contributed by atoms with E-state index in [4.69, 9.17) is 21.5 Å². The van der Waals surface area contributed by atoms with Gasteiger partial charge in [-0.3, -0.25) is 0 Å². The molecule has 10 aromatic rings. The van der Waals surface area contributed by atoms with Crippen molar-refractivity contribution in [1.29, 1.82) is 5.26 Å². The lowest BCUT2D eigenvalue weighted by molar-refractivity contribution is 1.07. The molecule has 0 N–H and O–H groups in total. The average Bonchev–Trinajstić information content (AvgIpc) is 3.77. The Kier molecular flexibility index (Phi) is 7.11. The molecule has 0 atom stereocenters. The van der Waals surface area contributed by atoms with Gasteiger partial charge in [0.05, 0.1) is 39.9 Å². The van der Waals surface area contributed by atoms with Crippen molar-refractivity contribution in [3.63, 3.8) is 0 Å². The Bertz CT molecular complexity index is 3120. The third-order valence-corrected chi connectivity index (χ3v) is 10.0. The van der Waals surface area contributed by atoms with Crippen molar-refractivity contribution in [3.05, 3.63) is 181 Å². The number of aromatic nitrogens is 5. The summed E-state index contributed by atoms with van der Waals surface area (Å²) in [6.07, 6.45) is 0. The van der Waals surface area contributed by atoms with Crippen molar-refractivity contribution < 1.29 is 0 Å². The highest BCUT2D eigenvalue weighted by atomic mass is 15.1. The number of nitrogens with zero attached hydrogens (tertiary/aromatic N) is 7. The molecule has 3 heterocycles. The van der Waals surface area contributed by atoms with Crippen LogP contribution in [0.25, 0.3) is 94.0 Å². The number of para-hydroxylation sites is 2. The highest BCUT2D eigenvalue weighted by molar-refractivity contribution is 6.23. The molecule has 0 amide bonds. The van der Waals surface area contributed by atoms with E-state index in [-0.39, 0.29) is 0 Å². The summed E-state index contributed by atoms with van der Waals surface area (Å²) < 4.78 is 4.46. The van der Waals surface area contributed by atoms with Crippen LogP contribution in [0, 0.1) is 17.9 Å². The number of fused-ring (bicyclic) bond motifs is 7. The van der Waals surface area contributed by atoms with E-state index in [1.54, 1.807) is 0 Å². The SMILES string of the molecule is [C-]#[N+]c1cccc(-n2c3ccccc3c3ccc4c5ccccc5n(-c5ccc(-c6nc(-c7ccccc7)nc(-c7ccccc7)n6)cc5C#N)c4c32)c1. The second-order valence-corrected chi connectivity index (χ2v) is 13.1. The third kappa shape index (κ3) is 4.85. The van der Waals surface area contributed by atoms with Crippen LogP contribution in [0.3, 0.4) is 0 Å². The molecule has 0 aliphatic heterocycles. The highest BCUT2D eigenvalue weighted by Crippen LogP contribution is 2.42. The van der Waals surface area contributed by atoms with Gasteiger partial charge in [0.15, 0.2) is 23.2 Å². The van der Waals surface area contributed by atoms with Crippen molar-refractivity contribution in [2.45, 2.75) is 0 Å². The second kappa shape index (κ2) is 12.4. The molecule has 7 heteroatoms. The monoisotopic (exact) mass is 689 g/mol. The van der Waals surface area contributed by atoms with E-state index < -0.39 is 0 Å². The summed E-state index contributed by atoms with van der Waals surface area (Å²) >= 11 is 0. The highest BCUT2D eigenvalue weighted by Gasteiger charge is 2.23. The predicted octanol–water partition coefficient (Wildman–Crippen LogP) is 11.5. The fraction of sp³-hybridized carbons (Fsp3) is 0. The summed E-state index contributed by atoms with van der Waals surface area (Å²) in [7, 11) is 0. The summed E-state index contributed by atoms with van der Waals surface area (Å²) in [4.78, 5) is 18.5. The Hall–Kier alpha value is -7.87. The van der Waals surface area contributed by atoms with Gasteiger partial charge in [-0.05, 0) is 42.5 Å². The van der Waals surface area contributed by atoms with Crippen molar-refractivity contribution in [3.8, 4) is 51.6 Å². The van der Waals surface area contributed by atoms with Gasteiger partial charge in [0.1, 0.15) is 6.07 Å². The van der Waals surface area contributed by atoms with Crippen LogP contribution in [0.2, 0.25) is 0 Å². The van der Waals surface area contributed by atoms with E-state index in [9.17, 15) is 5.26 Å². The van der Waals surface area contributed by atoms with Gasteiger partial charge < -0.3 is 9.13 Å². The van der Waals surface area contributed by atoms with Gasteiger partial charge in [-0.2, -0.15) is 5.26 Å². The number of nitriles is 1. The normalized spacial score (nSPS) is 11.3. The topological polar surface area (TPSA) is 76.7 Å². The first kappa shape index (κ1) is 30.9. The van der Waals surface area contributed by atoms with E-state index in [0.29, 0.717) is 34.3 Å². The van der Waals surface area contributed by atoms with Crippen molar-refractivity contribution >= 4 is 49.3 Å². The van der Waals surface area contributed by atoms with Crippen LogP contribution in [0.15, 0.2) is 164 Å². The Morgan fingerprint density at radius 1 is 0.481 bits per heavy atom. The van der Waals surface area contributed by atoms with Crippen LogP contribution in [-0.2, 0) is 0 Å². The molecule has 0 unspecified atom stereocenters. The molecule has 3 aromatic heterocycles. The van der Waals surface area contributed by atoms with Crippen LogP contribution >= 0.6 is 0 Å². The van der Waals surface area contributed by atoms with Crippen LogP contribution in [0.5, 0.6) is 0 Å². The quantitative estimate of drug-likeness (QED) is 0.169. The minimum Gasteiger partial charge on any atom is -0.308 e.